The minimum absolute atomic E-state index is 0.101. The Bertz CT molecular complexity index is 393. The van der Waals surface area contributed by atoms with Gasteiger partial charge in [0.25, 0.3) is 0 Å². The summed E-state index contributed by atoms with van der Waals surface area (Å²) in [6, 6.07) is 1.80. The first kappa shape index (κ1) is 13.3. The van der Waals surface area contributed by atoms with Crippen LogP contribution in [0.3, 0.4) is 0 Å². The predicted octanol–water partition coefficient (Wildman–Crippen LogP) is 1.65. The summed E-state index contributed by atoms with van der Waals surface area (Å²) in [5, 5.41) is 5.06. The third-order valence-electron chi connectivity index (χ3n) is 2.02. The molecule has 7 heteroatoms. The Hall–Kier alpha value is -1.79. The van der Waals surface area contributed by atoms with Crippen LogP contribution >= 0.6 is 0 Å². The summed E-state index contributed by atoms with van der Waals surface area (Å²) < 4.78 is 37.1. The number of carbonyl (C=O) groups is 1. The second kappa shape index (κ2) is 5.51. The van der Waals surface area contributed by atoms with Gasteiger partial charge in [0.15, 0.2) is 0 Å². The van der Waals surface area contributed by atoms with Crippen LogP contribution in [0.5, 0.6) is 0 Å². The summed E-state index contributed by atoms with van der Waals surface area (Å²) in [7, 11) is 1.49. The maximum absolute atomic E-state index is 12.4. The highest BCUT2D eigenvalue weighted by Gasteiger charge is 2.30. The van der Waals surface area contributed by atoms with E-state index < -0.39 is 11.7 Å². The fourth-order valence-corrected chi connectivity index (χ4v) is 1.13. The second-order valence-corrected chi connectivity index (χ2v) is 3.28. The van der Waals surface area contributed by atoms with Gasteiger partial charge in [0.2, 0.25) is 5.91 Å². The molecule has 1 heterocycles. The lowest BCUT2D eigenvalue weighted by Gasteiger charge is -2.09. The van der Waals surface area contributed by atoms with Crippen LogP contribution in [0.25, 0.3) is 0 Å². The molecule has 0 aliphatic carbocycles. The number of anilines is 1. The van der Waals surface area contributed by atoms with Crippen LogP contribution in [-0.2, 0) is 11.0 Å². The van der Waals surface area contributed by atoms with Crippen molar-refractivity contribution in [2.24, 2.45) is 0 Å². The molecule has 94 valence electrons. The first-order valence-electron chi connectivity index (χ1n) is 4.91. The van der Waals surface area contributed by atoms with E-state index >= 15 is 0 Å². The summed E-state index contributed by atoms with van der Waals surface area (Å²) in [4.78, 5) is 14.6. The quantitative estimate of drug-likeness (QED) is 0.850. The van der Waals surface area contributed by atoms with Crippen LogP contribution in [0.15, 0.2) is 18.3 Å². The number of halogens is 3. The molecule has 0 bridgehead atoms. The first-order chi connectivity index (χ1) is 7.93. The summed E-state index contributed by atoms with van der Waals surface area (Å²) >= 11 is 0. The number of rotatable bonds is 4. The highest BCUT2D eigenvalue weighted by Crippen LogP contribution is 2.29. The van der Waals surface area contributed by atoms with E-state index in [-0.39, 0.29) is 24.7 Å². The molecule has 0 aliphatic rings. The smallest absolute Gasteiger partial charge is 0.370 e. The van der Waals surface area contributed by atoms with Crippen molar-refractivity contribution >= 4 is 11.7 Å². The average Bonchev–Trinajstić information content (AvgIpc) is 2.28. The van der Waals surface area contributed by atoms with Gasteiger partial charge in [0.05, 0.1) is 5.56 Å². The molecule has 0 spiro atoms. The van der Waals surface area contributed by atoms with Gasteiger partial charge < -0.3 is 10.6 Å². The van der Waals surface area contributed by atoms with Crippen LogP contribution in [-0.4, -0.2) is 24.5 Å². The average molecular weight is 247 g/mol. The van der Waals surface area contributed by atoms with Gasteiger partial charge in [-0.25, -0.2) is 4.98 Å². The molecule has 0 unspecified atom stereocenters. The molecule has 0 atom stereocenters. The third-order valence-corrected chi connectivity index (χ3v) is 2.02. The third kappa shape index (κ3) is 4.29. The molecule has 1 rings (SSSR count). The molecule has 0 fully saturated rings. The van der Waals surface area contributed by atoms with Crippen LogP contribution in [0.2, 0.25) is 0 Å². The number of hydrogen-bond acceptors (Lipinski definition) is 3. The van der Waals surface area contributed by atoms with Gasteiger partial charge in [-0.1, -0.05) is 0 Å². The first-order valence-corrected chi connectivity index (χ1v) is 4.91. The van der Waals surface area contributed by atoms with Crippen molar-refractivity contribution in [3.8, 4) is 0 Å². The fraction of sp³-hybridized carbons (Fsp3) is 0.400. The SMILES string of the molecule is CNC(=O)CCNc1cc(C(F)(F)F)ccn1. The van der Waals surface area contributed by atoms with Gasteiger partial charge in [-0.2, -0.15) is 13.2 Å². The monoisotopic (exact) mass is 247 g/mol. The van der Waals surface area contributed by atoms with E-state index in [9.17, 15) is 18.0 Å². The number of pyridine rings is 1. The van der Waals surface area contributed by atoms with Gasteiger partial charge in [-0.15, -0.1) is 0 Å². The number of aromatic nitrogens is 1. The molecule has 0 aromatic carbocycles. The lowest BCUT2D eigenvalue weighted by molar-refractivity contribution is -0.137. The summed E-state index contributed by atoms with van der Waals surface area (Å²) in [6.45, 7) is 0.230. The normalized spacial score (nSPS) is 11.1. The van der Waals surface area contributed by atoms with Crippen LogP contribution in [0, 0.1) is 0 Å². The van der Waals surface area contributed by atoms with Crippen molar-refractivity contribution in [3.05, 3.63) is 23.9 Å². The van der Waals surface area contributed by atoms with Crippen LogP contribution in [0.1, 0.15) is 12.0 Å². The van der Waals surface area contributed by atoms with Crippen LogP contribution < -0.4 is 10.6 Å². The zero-order valence-electron chi connectivity index (χ0n) is 9.14. The Labute approximate surface area is 96.2 Å². The van der Waals surface area contributed by atoms with E-state index in [0.717, 1.165) is 18.3 Å². The summed E-state index contributed by atoms with van der Waals surface area (Å²) in [5.41, 5.74) is -0.769. The molecule has 0 aliphatic heterocycles. The topological polar surface area (TPSA) is 54.0 Å². The molecule has 1 aromatic heterocycles. The Balaban J connectivity index is 2.58. The highest BCUT2D eigenvalue weighted by atomic mass is 19.4. The number of nitrogens with zero attached hydrogens (tertiary/aromatic N) is 1. The lowest BCUT2D eigenvalue weighted by Crippen LogP contribution is -2.21. The van der Waals surface area contributed by atoms with E-state index in [1.807, 2.05) is 0 Å². The lowest BCUT2D eigenvalue weighted by atomic mass is 10.2. The van der Waals surface area contributed by atoms with Gasteiger partial charge in [0.1, 0.15) is 5.82 Å². The molecule has 1 aromatic rings. The molecule has 2 N–H and O–H groups in total. The van der Waals surface area contributed by atoms with Gasteiger partial charge in [-0.3, -0.25) is 4.79 Å². The molecule has 1 amide bonds. The van der Waals surface area contributed by atoms with Gasteiger partial charge >= 0.3 is 6.18 Å². The largest absolute Gasteiger partial charge is 0.416 e. The Morgan fingerprint density at radius 2 is 2.18 bits per heavy atom. The van der Waals surface area contributed by atoms with Gasteiger partial charge in [-0.05, 0) is 12.1 Å². The standard InChI is InChI=1S/C10H12F3N3O/c1-14-9(17)3-5-16-8-6-7(2-4-15-8)10(11,12)13/h2,4,6H,3,5H2,1H3,(H,14,17)(H,15,16). The zero-order chi connectivity index (χ0) is 12.9. The minimum atomic E-state index is -4.39. The van der Waals surface area contributed by atoms with Crippen molar-refractivity contribution in [2.75, 3.05) is 18.9 Å². The molecule has 4 nitrogen and oxygen atoms in total. The van der Waals surface area contributed by atoms with Crippen molar-refractivity contribution in [3.63, 3.8) is 0 Å². The van der Waals surface area contributed by atoms with Crippen molar-refractivity contribution in [1.29, 1.82) is 0 Å². The summed E-state index contributed by atoms with van der Waals surface area (Å²) in [5.74, 6) is -0.0896. The molecule has 0 radical (unpaired) electrons. The number of amides is 1. The molecule has 0 saturated carbocycles. The number of carbonyl (C=O) groups excluding carboxylic acids is 1. The fourth-order valence-electron chi connectivity index (χ4n) is 1.13. The van der Waals surface area contributed by atoms with E-state index in [4.69, 9.17) is 0 Å². The Kier molecular flexibility index (Phi) is 4.30. The minimum Gasteiger partial charge on any atom is -0.370 e. The van der Waals surface area contributed by atoms with E-state index in [0.29, 0.717) is 0 Å². The predicted molar refractivity (Wildman–Crippen MR) is 56.4 cm³/mol. The van der Waals surface area contributed by atoms with E-state index in [2.05, 4.69) is 15.6 Å². The number of nitrogens with one attached hydrogen (secondary N) is 2. The summed E-state index contributed by atoms with van der Waals surface area (Å²) in [6.07, 6.45) is -3.14. The molecule has 17 heavy (non-hydrogen) atoms. The zero-order valence-corrected chi connectivity index (χ0v) is 9.14. The molecular formula is C10H12F3N3O. The Morgan fingerprint density at radius 3 is 2.76 bits per heavy atom. The van der Waals surface area contributed by atoms with E-state index in [1.54, 1.807) is 0 Å². The highest BCUT2D eigenvalue weighted by molar-refractivity contribution is 5.76. The van der Waals surface area contributed by atoms with Gasteiger partial charge in [0, 0.05) is 26.2 Å². The number of hydrogen-bond donors (Lipinski definition) is 2. The van der Waals surface area contributed by atoms with Crippen molar-refractivity contribution in [2.45, 2.75) is 12.6 Å². The number of alkyl halides is 3. The maximum atomic E-state index is 12.4. The molecular weight excluding hydrogens is 235 g/mol. The molecule has 0 saturated heterocycles. The van der Waals surface area contributed by atoms with Crippen molar-refractivity contribution in [1.82, 2.24) is 10.3 Å². The maximum Gasteiger partial charge on any atom is 0.416 e. The van der Waals surface area contributed by atoms with Crippen molar-refractivity contribution < 1.29 is 18.0 Å². The van der Waals surface area contributed by atoms with Crippen LogP contribution in [0.4, 0.5) is 19.0 Å². The van der Waals surface area contributed by atoms with E-state index in [1.165, 1.54) is 7.05 Å². The second-order valence-electron chi connectivity index (χ2n) is 3.28. The Morgan fingerprint density at radius 1 is 1.47 bits per heavy atom.